The summed E-state index contributed by atoms with van der Waals surface area (Å²) in [7, 11) is 1.60. The Hall–Kier alpha value is -3.24. The predicted molar refractivity (Wildman–Crippen MR) is 113 cm³/mol. The van der Waals surface area contributed by atoms with Gasteiger partial charge in [0.15, 0.2) is 0 Å². The number of methoxy groups -OCH3 is 1. The molecule has 3 rings (SSSR count). The highest BCUT2D eigenvalue weighted by Crippen LogP contribution is 2.17. The molecule has 3 aromatic carbocycles. The first kappa shape index (κ1) is 19.5. The van der Waals surface area contributed by atoms with Crippen LogP contribution in [-0.2, 0) is 11.4 Å². The summed E-state index contributed by atoms with van der Waals surface area (Å²) in [5.41, 5.74) is 2.62. The lowest BCUT2D eigenvalue weighted by atomic mass is 10.2. The first-order valence-corrected chi connectivity index (χ1v) is 9.10. The number of halogens is 1. The van der Waals surface area contributed by atoms with Crippen molar-refractivity contribution in [3.8, 4) is 11.5 Å². The van der Waals surface area contributed by atoms with Crippen molar-refractivity contribution in [2.24, 2.45) is 0 Å². The molecule has 5 heteroatoms. The van der Waals surface area contributed by atoms with Crippen LogP contribution < -0.4 is 14.8 Å². The second-order valence-corrected chi connectivity index (χ2v) is 6.48. The van der Waals surface area contributed by atoms with Gasteiger partial charge in [-0.1, -0.05) is 35.9 Å². The summed E-state index contributed by atoms with van der Waals surface area (Å²) in [6, 6.07) is 22.2. The second kappa shape index (κ2) is 9.62. The third-order valence-electron chi connectivity index (χ3n) is 3.96. The number of carbonyl (C=O) groups excluding carboxylic acids is 1. The summed E-state index contributed by atoms with van der Waals surface area (Å²) in [5, 5.41) is 3.49. The van der Waals surface area contributed by atoms with E-state index in [1.807, 2.05) is 48.5 Å². The molecule has 0 radical (unpaired) electrons. The first-order chi connectivity index (χ1) is 13.6. The number of hydrogen-bond acceptors (Lipinski definition) is 3. The fourth-order valence-corrected chi connectivity index (χ4v) is 2.71. The Kier molecular flexibility index (Phi) is 6.71. The van der Waals surface area contributed by atoms with Gasteiger partial charge in [-0.15, -0.1) is 0 Å². The van der Waals surface area contributed by atoms with E-state index in [1.54, 1.807) is 37.5 Å². The van der Waals surface area contributed by atoms with Gasteiger partial charge in [-0.2, -0.15) is 0 Å². The van der Waals surface area contributed by atoms with Crippen LogP contribution in [0, 0.1) is 0 Å². The molecule has 0 aliphatic rings. The highest BCUT2D eigenvalue weighted by Gasteiger charge is 2.00. The normalized spacial score (nSPS) is 10.6. The minimum absolute atomic E-state index is 0.202. The SMILES string of the molecule is COc1ccc(NC(=O)/C=C/c2ccc(OCc3cccc(Cl)c3)cc2)cc1. The van der Waals surface area contributed by atoms with E-state index in [2.05, 4.69) is 5.32 Å². The third kappa shape index (κ3) is 5.89. The van der Waals surface area contributed by atoms with Crippen molar-refractivity contribution in [1.82, 2.24) is 0 Å². The number of anilines is 1. The largest absolute Gasteiger partial charge is 0.497 e. The molecule has 0 bridgehead atoms. The number of hydrogen-bond donors (Lipinski definition) is 1. The maximum Gasteiger partial charge on any atom is 0.248 e. The van der Waals surface area contributed by atoms with E-state index >= 15 is 0 Å². The van der Waals surface area contributed by atoms with Gasteiger partial charge in [-0.05, 0) is 65.7 Å². The van der Waals surface area contributed by atoms with Gasteiger partial charge in [-0.25, -0.2) is 0 Å². The monoisotopic (exact) mass is 393 g/mol. The van der Waals surface area contributed by atoms with Gasteiger partial charge < -0.3 is 14.8 Å². The van der Waals surface area contributed by atoms with Crippen molar-refractivity contribution < 1.29 is 14.3 Å². The quantitative estimate of drug-likeness (QED) is 0.533. The average Bonchev–Trinajstić information content (AvgIpc) is 2.72. The van der Waals surface area contributed by atoms with Crippen LogP contribution >= 0.6 is 11.6 Å². The molecule has 28 heavy (non-hydrogen) atoms. The maximum atomic E-state index is 12.0. The minimum Gasteiger partial charge on any atom is -0.497 e. The number of rotatable bonds is 7. The lowest BCUT2D eigenvalue weighted by Gasteiger charge is -2.07. The van der Waals surface area contributed by atoms with E-state index in [-0.39, 0.29) is 5.91 Å². The molecule has 3 aromatic rings. The summed E-state index contributed by atoms with van der Waals surface area (Å²) in [4.78, 5) is 12.0. The van der Waals surface area contributed by atoms with E-state index < -0.39 is 0 Å². The Labute approximate surface area is 169 Å². The Balaban J connectivity index is 1.51. The number of amides is 1. The molecule has 0 saturated carbocycles. The first-order valence-electron chi connectivity index (χ1n) is 8.73. The molecule has 0 saturated heterocycles. The smallest absolute Gasteiger partial charge is 0.248 e. The van der Waals surface area contributed by atoms with Gasteiger partial charge in [0, 0.05) is 16.8 Å². The average molecular weight is 394 g/mol. The maximum absolute atomic E-state index is 12.0. The van der Waals surface area contributed by atoms with Gasteiger partial charge >= 0.3 is 0 Å². The van der Waals surface area contributed by atoms with Crippen molar-refractivity contribution in [2.75, 3.05) is 12.4 Å². The highest BCUT2D eigenvalue weighted by molar-refractivity contribution is 6.30. The van der Waals surface area contributed by atoms with Crippen molar-refractivity contribution >= 4 is 29.3 Å². The van der Waals surface area contributed by atoms with E-state index in [1.165, 1.54) is 6.08 Å². The molecule has 0 unspecified atom stereocenters. The molecule has 0 spiro atoms. The molecule has 1 amide bonds. The van der Waals surface area contributed by atoms with Gasteiger partial charge in [0.25, 0.3) is 0 Å². The third-order valence-corrected chi connectivity index (χ3v) is 4.19. The van der Waals surface area contributed by atoms with Crippen molar-refractivity contribution in [1.29, 1.82) is 0 Å². The standard InChI is InChI=1S/C23H20ClNO3/c1-27-21-12-8-20(9-13-21)25-23(26)14-7-17-5-10-22(11-6-17)28-16-18-3-2-4-19(24)15-18/h2-15H,16H2,1H3,(H,25,26)/b14-7+. The number of carbonyl (C=O) groups is 1. The van der Waals surface area contributed by atoms with Crippen LogP contribution in [0.15, 0.2) is 78.9 Å². The highest BCUT2D eigenvalue weighted by atomic mass is 35.5. The Bertz CT molecular complexity index is 950. The van der Waals surface area contributed by atoms with Crippen LogP contribution in [0.1, 0.15) is 11.1 Å². The lowest BCUT2D eigenvalue weighted by molar-refractivity contribution is -0.111. The fraction of sp³-hybridized carbons (Fsp3) is 0.0870. The molecule has 142 valence electrons. The van der Waals surface area contributed by atoms with Crippen molar-refractivity contribution in [2.45, 2.75) is 6.61 Å². The molecule has 0 aliphatic carbocycles. The zero-order valence-corrected chi connectivity index (χ0v) is 16.1. The summed E-state index contributed by atoms with van der Waals surface area (Å²) < 4.78 is 10.8. The van der Waals surface area contributed by atoms with Gasteiger partial charge in [-0.3, -0.25) is 4.79 Å². The topological polar surface area (TPSA) is 47.6 Å². The van der Waals surface area contributed by atoms with Crippen molar-refractivity contribution in [3.63, 3.8) is 0 Å². The van der Waals surface area contributed by atoms with Crippen molar-refractivity contribution in [3.05, 3.63) is 95.0 Å². The zero-order chi connectivity index (χ0) is 19.8. The van der Waals surface area contributed by atoms with Gasteiger partial charge in [0.1, 0.15) is 18.1 Å². The molecule has 1 N–H and O–H groups in total. The molecule has 0 aromatic heterocycles. The second-order valence-electron chi connectivity index (χ2n) is 6.04. The summed E-state index contributed by atoms with van der Waals surface area (Å²) in [5.74, 6) is 1.29. The van der Waals surface area contributed by atoms with Gasteiger partial charge in [0.05, 0.1) is 7.11 Å². The Morgan fingerprint density at radius 2 is 1.71 bits per heavy atom. The minimum atomic E-state index is -0.202. The zero-order valence-electron chi connectivity index (χ0n) is 15.4. The van der Waals surface area contributed by atoms with Gasteiger partial charge in [0.2, 0.25) is 5.91 Å². The van der Waals surface area contributed by atoms with Crippen LogP contribution in [-0.4, -0.2) is 13.0 Å². The lowest BCUT2D eigenvalue weighted by Crippen LogP contribution is -2.07. The number of benzene rings is 3. The van der Waals surface area contributed by atoms with E-state index in [4.69, 9.17) is 21.1 Å². The molecular weight excluding hydrogens is 374 g/mol. The van der Waals surface area contributed by atoms with Crippen LogP contribution in [0.3, 0.4) is 0 Å². The summed E-state index contributed by atoms with van der Waals surface area (Å²) in [6.07, 6.45) is 3.24. The number of ether oxygens (including phenoxy) is 2. The molecule has 4 nitrogen and oxygen atoms in total. The van der Waals surface area contributed by atoms with E-state index in [0.717, 1.165) is 22.6 Å². The molecule has 0 atom stereocenters. The fourth-order valence-electron chi connectivity index (χ4n) is 2.50. The van der Waals surface area contributed by atoms with Crippen LogP contribution in [0.5, 0.6) is 11.5 Å². The molecule has 0 heterocycles. The number of nitrogens with one attached hydrogen (secondary N) is 1. The molecule has 0 fully saturated rings. The molecule has 0 aliphatic heterocycles. The predicted octanol–water partition coefficient (Wildman–Crippen LogP) is 5.58. The Morgan fingerprint density at radius 1 is 1.00 bits per heavy atom. The van der Waals surface area contributed by atoms with E-state index in [9.17, 15) is 4.79 Å². The summed E-state index contributed by atoms with van der Waals surface area (Å²) >= 11 is 5.97. The summed E-state index contributed by atoms with van der Waals surface area (Å²) in [6.45, 7) is 0.444. The van der Waals surface area contributed by atoms with Crippen LogP contribution in [0.25, 0.3) is 6.08 Å². The van der Waals surface area contributed by atoms with Crippen LogP contribution in [0.4, 0.5) is 5.69 Å². The Morgan fingerprint density at radius 3 is 2.39 bits per heavy atom. The van der Waals surface area contributed by atoms with E-state index in [0.29, 0.717) is 17.3 Å². The molecular formula is C23H20ClNO3. The van der Waals surface area contributed by atoms with Crippen LogP contribution in [0.2, 0.25) is 5.02 Å².